The van der Waals surface area contributed by atoms with E-state index in [9.17, 15) is 5.26 Å². The molecule has 0 spiro atoms. The van der Waals surface area contributed by atoms with Crippen LogP contribution in [0.25, 0.3) is 21.5 Å². The van der Waals surface area contributed by atoms with Crippen LogP contribution in [0, 0.1) is 11.3 Å². The first-order valence-corrected chi connectivity index (χ1v) is 9.62. The molecule has 0 amide bonds. The SMILES string of the molecule is COc1ccc(CNc2nnc(-c3nccs3)c3ccc(C#N)cc23)cc1Cl. The highest BCUT2D eigenvalue weighted by Crippen LogP contribution is 2.32. The van der Waals surface area contributed by atoms with Crippen LogP contribution in [0.1, 0.15) is 11.1 Å². The van der Waals surface area contributed by atoms with Gasteiger partial charge in [-0.3, -0.25) is 0 Å². The van der Waals surface area contributed by atoms with Crippen molar-refractivity contribution in [2.24, 2.45) is 0 Å². The maximum atomic E-state index is 9.29. The number of anilines is 1. The van der Waals surface area contributed by atoms with E-state index in [1.165, 1.54) is 11.3 Å². The molecule has 2 aromatic heterocycles. The normalized spacial score (nSPS) is 10.6. The molecule has 0 saturated carbocycles. The van der Waals surface area contributed by atoms with Crippen LogP contribution in [-0.2, 0) is 6.54 Å². The fraction of sp³-hybridized carbons (Fsp3) is 0.100. The van der Waals surface area contributed by atoms with Gasteiger partial charge in [0.1, 0.15) is 16.5 Å². The van der Waals surface area contributed by atoms with Gasteiger partial charge in [-0.1, -0.05) is 23.7 Å². The third-order valence-electron chi connectivity index (χ3n) is 4.22. The Balaban J connectivity index is 1.72. The smallest absolute Gasteiger partial charge is 0.156 e. The number of benzene rings is 2. The van der Waals surface area contributed by atoms with Gasteiger partial charge in [0.15, 0.2) is 5.82 Å². The molecule has 28 heavy (non-hydrogen) atoms. The van der Waals surface area contributed by atoms with Crippen molar-refractivity contribution in [3.63, 3.8) is 0 Å². The average molecular weight is 408 g/mol. The van der Waals surface area contributed by atoms with Gasteiger partial charge in [-0.25, -0.2) is 4.98 Å². The summed E-state index contributed by atoms with van der Waals surface area (Å²) < 4.78 is 5.18. The second-order valence-corrected chi connectivity index (χ2v) is 7.23. The Hall–Kier alpha value is -3.21. The van der Waals surface area contributed by atoms with Gasteiger partial charge in [0.05, 0.1) is 23.8 Å². The van der Waals surface area contributed by atoms with E-state index in [0.717, 1.165) is 21.3 Å². The molecule has 0 radical (unpaired) electrons. The number of aromatic nitrogens is 3. The van der Waals surface area contributed by atoms with Crippen LogP contribution in [-0.4, -0.2) is 22.3 Å². The van der Waals surface area contributed by atoms with Gasteiger partial charge in [-0.15, -0.1) is 21.5 Å². The standard InChI is InChI=1S/C20H14ClN5OS/c1-27-17-5-3-13(9-16(17)21)11-24-19-15-8-12(10-22)2-4-14(15)18(25-26-19)20-23-6-7-28-20/h2-9H,11H2,1H3,(H,24,26). The molecular weight excluding hydrogens is 394 g/mol. The molecular formula is C20H14ClN5OS. The molecule has 138 valence electrons. The van der Waals surface area contributed by atoms with Crippen LogP contribution >= 0.6 is 22.9 Å². The van der Waals surface area contributed by atoms with Gasteiger partial charge in [-0.05, 0) is 29.8 Å². The second-order valence-electron chi connectivity index (χ2n) is 5.93. The molecule has 6 nitrogen and oxygen atoms in total. The lowest BCUT2D eigenvalue weighted by atomic mass is 10.1. The summed E-state index contributed by atoms with van der Waals surface area (Å²) in [5.41, 5.74) is 2.23. The molecule has 0 fully saturated rings. The highest BCUT2D eigenvalue weighted by molar-refractivity contribution is 7.13. The number of nitrogens with one attached hydrogen (secondary N) is 1. The summed E-state index contributed by atoms with van der Waals surface area (Å²) in [7, 11) is 1.58. The summed E-state index contributed by atoms with van der Waals surface area (Å²) in [6.45, 7) is 0.501. The van der Waals surface area contributed by atoms with E-state index in [1.807, 2.05) is 35.7 Å². The molecule has 8 heteroatoms. The highest BCUT2D eigenvalue weighted by Gasteiger charge is 2.14. The van der Waals surface area contributed by atoms with Crippen molar-refractivity contribution in [3.8, 4) is 22.5 Å². The number of nitriles is 1. The summed E-state index contributed by atoms with van der Waals surface area (Å²) in [6, 6.07) is 13.2. The van der Waals surface area contributed by atoms with Crippen molar-refractivity contribution >= 4 is 39.5 Å². The molecule has 0 aliphatic heterocycles. The fourth-order valence-electron chi connectivity index (χ4n) is 2.86. The van der Waals surface area contributed by atoms with Gasteiger partial charge in [0.2, 0.25) is 0 Å². The van der Waals surface area contributed by atoms with Gasteiger partial charge < -0.3 is 10.1 Å². The van der Waals surface area contributed by atoms with Crippen molar-refractivity contribution in [2.75, 3.05) is 12.4 Å². The van der Waals surface area contributed by atoms with Crippen LogP contribution in [0.3, 0.4) is 0 Å². The van der Waals surface area contributed by atoms with E-state index in [0.29, 0.717) is 34.4 Å². The minimum Gasteiger partial charge on any atom is -0.495 e. The van der Waals surface area contributed by atoms with Crippen LogP contribution in [0.5, 0.6) is 5.75 Å². The first-order chi connectivity index (χ1) is 13.7. The summed E-state index contributed by atoms with van der Waals surface area (Å²) in [5, 5.41) is 26.2. The Bertz CT molecular complexity index is 1190. The van der Waals surface area contributed by atoms with Crippen LogP contribution in [0.15, 0.2) is 48.0 Å². The number of nitrogens with zero attached hydrogens (tertiary/aromatic N) is 4. The van der Waals surface area contributed by atoms with Crippen molar-refractivity contribution in [3.05, 3.63) is 64.1 Å². The van der Waals surface area contributed by atoms with Gasteiger partial charge in [0, 0.05) is 28.9 Å². The zero-order chi connectivity index (χ0) is 19.5. The van der Waals surface area contributed by atoms with Crippen LogP contribution in [0.4, 0.5) is 5.82 Å². The van der Waals surface area contributed by atoms with E-state index in [4.69, 9.17) is 16.3 Å². The first kappa shape index (κ1) is 18.2. The Morgan fingerprint density at radius 3 is 2.79 bits per heavy atom. The summed E-state index contributed by atoms with van der Waals surface area (Å²) in [5.74, 6) is 1.22. The lowest BCUT2D eigenvalue weighted by Crippen LogP contribution is -2.04. The quantitative estimate of drug-likeness (QED) is 0.506. The summed E-state index contributed by atoms with van der Waals surface area (Å²) in [6.07, 6.45) is 1.73. The predicted octanol–water partition coefficient (Wildman–Crippen LogP) is 4.90. The average Bonchev–Trinajstić information content (AvgIpc) is 3.26. The molecule has 1 N–H and O–H groups in total. The molecule has 0 aliphatic rings. The highest BCUT2D eigenvalue weighted by atomic mass is 35.5. The topological polar surface area (TPSA) is 83.7 Å². The third-order valence-corrected chi connectivity index (χ3v) is 5.30. The largest absolute Gasteiger partial charge is 0.495 e. The van der Waals surface area contributed by atoms with Gasteiger partial charge >= 0.3 is 0 Å². The number of ether oxygens (including phenoxy) is 1. The Kier molecular flexibility index (Phi) is 5.06. The van der Waals surface area contributed by atoms with E-state index < -0.39 is 0 Å². The molecule has 4 rings (SSSR count). The lowest BCUT2D eigenvalue weighted by molar-refractivity contribution is 0.415. The maximum Gasteiger partial charge on any atom is 0.156 e. The number of methoxy groups -OCH3 is 1. The Morgan fingerprint density at radius 2 is 2.07 bits per heavy atom. The van der Waals surface area contributed by atoms with E-state index in [-0.39, 0.29) is 0 Å². The third kappa shape index (κ3) is 3.48. The van der Waals surface area contributed by atoms with Gasteiger partial charge in [0.25, 0.3) is 0 Å². The fourth-order valence-corrected chi connectivity index (χ4v) is 3.77. The Labute approximate surface area is 170 Å². The van der Waals surface area contributed by atoms with Gasteiger partial charge in [-0.2, -0.15) is 5.26 Å². The number of fused-ring (bicyclic) bond motifs is 1. The van der Waals surface area contributed by atoms with E-state index in [1.54, 1.807) is 19.4 Å². The number of hydrogen-bond donors (Lipinski definition) is 1. The summed E-state index contributed by atoms with van der Waals surface area (Å²) >= 11 is 7.70. The number of hydrogen-bond acceptors (Lipinski definition) is 7. The molecule has 0 aliphatic carbocycles. The molecule has 0 atom stereocenters. The monoisotopic (exact) mass is 407 g/mol. The predicted molar refractivity (Wildman–Crippen MR) is 111 cm³/mol. The van der Waals surface area contributed by atoms with E-state index >= 15 is 0 Å². The minimum atomic E-state index is 0.501. The van der Waals surface area contributed by atoms with Crippen LogP contribution in [0.2, 0.25) is 5.02 Å². The van der Waals surface area contributed by atoms with Crippen molar-refractivity contribution < 1.29 is 4.74 Å². The molecule has 0 unspecified atom stereocenters. The zero-order valence-corrected chi connectivity index (χ0v) is 16.4. The second kappa shape index (κ2) is 7.80. The van der Waals surface area contributed by atoms with Crippen molar-refractivity contribution in [1.29, 1.82) is 5.26 Å². The minimum absolute atomic E-state index is 0.501. The maximum absolute atomic E-state index is 9.29. The van der Waals surface area contributed by atoms with Crippen LogP contribution < -0.4 is 10.1 Å². The Morgan fingerprint density at radius 1 is 1.18 bits per heavy atom. The number of halogens is 1. The molecule has 2 heterocycles. The zero-order valence-electron chi connectivity index (χ0n) is 14.8. The molecule has 2 aromatic carbocycles. The molecule has 0 saturated heterocycles. The van der Waals surface area contributed by atoms with Crippen molar-refractivity contribution in [1.82, 2.24) is 15.2 Å². The van der Waals surface area contributed by atoms with Crippen molar-refractivity contribution in [2.45, 2.75) is 6.54 Å². The summed E-state index contributed by atoms with van der Waals surface area (Å²) in [4.78, 5) is 4.33. The molecule has 0 bridgehead atoms. The lowest BCUT2D eigenvalue weighted by Gasteiger charge is -2.11. The molecule has 4 aromatic rings. The number of thiazole rings is 1. The van der Waals surface area contributed by atoms with E-state index in [2.05, 4.69) is 26.6 Å². The number of rotatable bonds is 5. The first-order valence-electron chi connectivity index (χ1n) is 8.36.